The van der Waals surface area contributed by atoms with Crippen LogP contribution in [-0.2, 0) is 9.84 Å². The fourth-order valence-corrected chi connectivity index (χ4v) is 7.69. The molecule has 4 rings (SSSR count). The van der Waals surface area contributed by atoms with Gasteiger partial charge in [-0.2, -0.15) is 0 Å². The third kappa shape index (κ3) is 5.61. The van der Waals surface area contributed by atoms with Crippen LogP contribution in [0.25, 0.3) is 0 Å². The van der Waals surface area contributed by atoms with Crippen LogP contribution in [0, 0.1) is 0 Å². The van der Waals surface area contributed by atoms with Crippen molar-refractivity contribution in [2.45, 2.75) is 23.5 Å². The van der Waals surface area contributed by atoms with Gasteiger partial charge in [0.2, 0.25) is 0 Å². The zero-order chi connectivity index (χ0) is 21.8. The summed E-state index contributed by atoms with van der Waals surface area (Å²) in [5, 5.41) is 2.99. The minimum Gasteiger partial charge on any atom is -0.369 e. The van der Waals surface area contributed by atoms with Crippen molar-refractivity contribution in [2.24, 2.45) is 0 Å². The Morgan fingerprint density at radius 2 is 1.77 bits per heavy atom. The van der Waals surface area contributed by atoms with Crippen LogP contribution < -0.4 is 10.2 Å². The normalized spacial score (nSPS) is 21.2. The van der Waals surface area contributed by atoms with E-state index in [-0.39, 0.29) is 22.7 Å². The lowest BCUT2D eigenvalue weighted by Crippen LogP contribution is -2.46. The van der Waals surface area contributed by atoms with Gasteiger partial charge in [0.1, 0.15) is 0 Å². The van der Waals surface area contributed by atoms with E-state index in [2.05, 4.69) is 34.2 Å². The molecule has 6 nitrogen and oxygen atoms in total. The second-order valence-electron chi connectivity index (χ2n) is 8.06. The average Bonchev–Trinajstić information content (AvgIpc) is 3.13. The van der Waals surface area contributed by atoms with Gasteiger partial charge in [-0.3, -0.25) is 4.79 Å². The smallest absolute Gasteiger partial charge is 0.256 e. The van der Waals surface area contributed by atoms with E-state index in [0.717, 1.165) is 43.3 Å². The number of sulfone groups is 1. The van der Waals surface area contributed by atoms with Crippen molar-refractivity contribution in [1.82, 2.24) is 4.90 Å². The molecule has 0 radical (unpaired) electrons. The van der Waals surface area contributed by atoms with Gasteiger partial charge in [0.25, 0.3) is 5.91 Å². The first-order chi connectivity index (χ1) is 14.9. The van der Waals surface area contributed by atoms with Crippen molar-refractivity contribution < 1.29 is 13.2 Å². The maximum atomic E-state index is 12.9. The molecule has 0 spiro atoms. The number of likely N-dealkylation sites (N-methyl/N-ethyl adjacent to an activating group) is 1. The molecule has 1 N–H and O–H groups in total. The quantitative estimate of drug-likeness (QED) is 0.714. The Morgan fingerprint density at radius 3 is 2.42 bits per heavy atom. The number of nitrogens with zero attached hydrogens (tertiary/aromatic N) is 2. The number of hydrogen-bond acceptors (Lipinski definition) is 6. The summed E-state index contributed by atoms with van der Waals surface area (Å²) in [5.74, 6) is 0.244. The molecular formula is C23H29N3O3S2. The number of amides is 1. The van der Waals surface area contributed by atoms with E-state index in [1.807, 2.05) is 30.3 Å². The van der Waals surface area contributed by atoms with E-state index in [4.69, 9.17) is 0 Å². The molecule has 31 heavy (non-hydrogen) atoms. The van der Waals surface area contributed by atoms with E-state index in [0.29, 0.717) is 12.0 Å². The van der Waals surface area contributed by atoms with Crippen molar-refractivity contribution in [2.75, 3.05) is 54.4 Å². The first-order valence-corrected chi connectivity index (χ1v) is 13.5. The number of piperazine rings is 1. The third-order valence-corrected chi connectivity index (χ3v) is 9.25. The fraction of sp³-hybridized carbons (Fsp3) is 0.435. The lowest BCUT2D eigenvalue weighted by atomic mass is 10.2. The molecule has 166 valence electrons. The summed E-state index contributed by atoms with van der Waals surface area (Å²) in [4.78, 5) is 18.6. The first-order valence-electron chi connectivity index (χ1n) is 10.8. The standard InChI is InChI=1S/C23H29N3O3S2/c1-2-25-12-14-26(15-13-25)19-9-7-18(8-10-19)24-23(27)21-5-3-4-6-22(21)30-20-11-16-31(28,29)17-20/h3-10,20H,2,11-17H2,1H3,(H,24,27)/t20-/m0/s1. The largest absolute Gasteiger partial charge is 0.369 e. The number of anilines is 2. The van der Waals surface area contributed by atoms with Gasteiger partial charge in [0.15, 0.2) is 9.84 Å². The van der Waals surface area contributed by atoms with Gasteiger partial charge in [0.05, 0.1) is 17.1 Å². The molecule has 2 fully saturated rings. The molecule has 2 aliphatic heterocycles. The van der Waals surface area contributed by atoms with Gasteiger partial charge < -0.3 is 15.1 Å². The van der Waals surface area contributed by atoms with Crippen molar-refractivity contribution in [3.63, 3.8) is 0 Å². The molecule has 2 aromatic rings. The Morgan fingerprint density at radius 1 is 1.06 bits per heavy atom. The Labute approximate surface area is 188 Å². The molecule has 1 amide bonds. The summed E-state index contributed by atoms with van der Waals surface area (Å²) in [7, 11) is -2.94. The Kier molecular flexibility index (Phi) is 6.89. The highest BCUT2D eigenvalue weighted by atomic mass is 32.2. The molecule has 0 aliphatic carbocycles. The van der Waals surface area contributed by atoms with Crippen molar-refractivity contribution in [3.05, 3.63) is 54.1 Å². The van der Waals surface area contributed by atoms with Gasteiger partial charge in [-0.05, 0) is 49.4 Å². The van der Waals surface area contributed by atoms with Gasteiger partial charge >= 0.3 is 0 Å². The van der Waals surface area contributed by atoms with Crippen LogP contribution in [0.2, 0.25) is 0 Å². The van der Waals surface area contributed by atoms with E-state index in [1.54, 1.807) is 6.07 Å². The molecule has 2 aromatic carbocycles. The number of rotatable bonds is 6. The molecule has 1 atom stereocenters. The number of benzene rings is 2. The highest BCUT2D eigenvalue weighted by Crippen LogP contribution is 2.33. The maximum absolute atomic E-state index is 12.9. The minimum absolute atomic E-state index is 0.00593. The van der Waals surface area contributed by atoms with Crippen LogP contribution in [0.1, 0.15) is 23.7 Å². The summed E-state index contributed by atoms with van der Waals surface area (Å²) in [5.41, 5.74) is 2.51. The molecule has 0 unspecified atom stereocenters. The SMILES string of the molecule is CCN1CCN(c2ccc(NC(=O)c3ccccc3S[C@H]3CCS(=O)(=O)C3)cc2)CC1. The minimum atomic E-state index is -2.94. The Hall–Kier alpha value is -2.03. The number of nitrogens with one attached hydrogen (secondary N) is 1. The predicted octanol–water partition coefficient (Wildman–Crippen LogP) is 3.36. The fourth-order valence-electron chi connectivity index (χ4n) is 4.07. The summed E-state index contributed by atoms with van der Waals surface area (Å²) >= 11 is 1.49. The van der Waals surface area contributed by atoms with E-state index < -0.39 is 9.84 Å². The molecule has 0 bridgehead atoms. The molecule has 0 aromatic heterocycles. The van der Waals surface area contributed by atoms with Gasteiger partial charge in [-0.1, -0.05) is 19.1 Å². The van der Waals surface area contributed by atoms with Gasteiger partial charge in [0, 0.05) is 47.7 Å². The third-order valence-electron chi connectivity index (χ3n) is 5.93. The lowest BCUT2D eigenvalue weighted by Gasteiger charge is -2.35. The second-order valence-corrected chi connectivity index (χ2v) is 11.6. The molecule has 0 saturated carbocycles. The zero-order valence-electron chi connectivity index (χ0n) is 17.8. The van der Waals surface area contributed by atoms with Crippen molar-refractivity contribution in [1.29, 1.82) is 0 Å². The van der Waals surface area contributed by atoms with Crippen LogP contribution >= 0.6 is 11.8 Å². The monoisotopic (exact) mass is 459 g/mol. The molecule has 2 aliphatic rings. The van der Waals surface area contributed by atoms with E-state index >= 15 is 0 Å². The topological polar surface area (TPSA) is 69.7 Å². The van der Waals surface area contributed by atoms with E-state index in [9.17, 15) is 13.2 Å². The van der Waals surface area contributed by atoms with Crippen LogP contribution in [-0.4, -0.2) is 68.7 Å². The predicted molar refractivity (Wildman–Crippen MR) is 128 cm³/mol. The first kappa shape index (κ1) is 22.2. The number of hydrogen-bond donors (Lipinski definition) is 1. The highest BCUT2D eigenvalue weighted by molar-refractivity contribution is 8.02. The number of carbonyl (C=O) groups excluding carboxylic acids is 1. The van der Waals surface area contributed by atoms with Crippen LogP contribution in [0.3, 0.4) is 0 Å². The van der Waals surface area contributed by atoms with Crippen LogP contribution in [0.5, 0.6) is 0 Å². The van der Waals surface area contributed by atoms with Crippen LogP contribution in [0.15, 0.2) is 53.4 Å². The van der Waals surface area contributed by atoms with Crippen LogP contribution in [0.4, 0.5) is 11.4 Å². The summed E-state index contributed by atoms with van der Waals surface area (Å²) in [6.45, 7) is 7.47. The van der Waals surface area contributed by atoms with Gasteiger partial charge in [-0.15, -0.1) is 11.8 Å². The summed E-state index contributed by atoms with van der Waals surface area (Å²) < 4.78 is 23.5. The summed E-state index contributed by atoms with van der Waals surface area (Å²) in [6.07, 6.45) is 0.636. The molecular weight excluding hydrogens is 430 g/mol. The molecule has 2 heterocycles. The maximum Gasteiger partial charge on any atom is 0.256 e. The molecule has 2 saturated heterocycles. The lowest BCUT2D eigenvalue weighted by molar-refractivity contribution is 0.102. The van der Waals surface area contributed by atoms with Crippen molar-refractivity contribution >= 4 is 38.9 Å². The highest BCUT2D eigenvalue weighted by Gasteiger charge is 2.29. The van der Waals surface area contributed by atoms with Gasteiger partial charge in [-0.25, -0.2) is 8.42 Å². The second kappa shape index (κ2) is 9.63. The number of carbonyl (C=O) groups is 1. The Balaban J connectivity index is 1.40. The average molecular weight is 460 g/mol. The Bertz CT molecular complexity index is 1020. The molecule has 8 heteroatoms. The van der Waals surface area contributed by atoms with E-state index in [1.165, 1.54) is 17.4 Å². The summed E-state index contributed by atoms with van der Waals surface area (Å²) in [6, 6.07) is 15.4. The zero-order valence-corrected chi connectivity index (χ0v) is 19.4. The number of thioether (sulfide) groups is 1. The van der Waals surface area contributed by atoms with Crippen molar-refractivity contribution in [3.8, 4) is 0 Å².